The van der Waals surface area contributed by atoms with Crippen molar-refractivity contribution < 1.29 is 19.0 Å². The fourth-order valence-electron chi connectivity index (χ4n) is 0.947. The monoisotopic (exact) mass is 184 g/mol. The summed E-state index contributed by atoms with van der Waals surface area (Å²) in [5.41, 5.74) is -0.369. The average molecular weight is 184 g/mol. The van der Waals surface area contributed by atoms with Crippen molar-refractivity contribution in [3.8, 4) is 11.5 Å². The molecule has 0 heterocycles. The van der Waals surface area contributed by atoms with Gasteiger partial charge >= 0.3 is 0 Å². The molecular weight excluding hydrogens is 175 g/mol. The number of benzene rings is 1. The quantitative estimate of drug-likeness (QED) is 0.728. The van der Waals surface area contributed by atoms with Gasteiger partial charge in [-0.3, -0.25) is 4.79 Å². The summed E-state index contributed by atoms with van der Waals surface area (Å²) in [6.07, 6.45) is 0.257. The Morgan fingerprint density at radius 1 is 1.62 bits per heavy atom. The number of phenolic OH excluding ortho intramolecular Hbond substituents is 1. The molecule has 0 spiro atoms. The van der Waals surface area contributed by atoms with E-state index in [9.17, 15) is 14.3 Å². The van der Waals surface area contributed by atoms with Gasteiger partial charge in [-0.05, 0) is 19.1 Å². The molecule has 0 atom stereocenters. The number of rotatable bonds is 3. The smallest absolute Gasteiger partial charge is 0.171 e. The molecule has 70 valence electrons. The van der Waals surface area contributed by atoms with Gasteiger partial charge in [-0.25, -0.2) is 4.39 Å². The molecule has 1 aromatic carbocycles. The third kappa shape index (κ3) is 1.77. The summed E-state index contributed by atoms with van der Waals surface area (Å²) in [4.78, 5) is 10.3. The fraction of sp³-hybridized carbons (Fsp3) is 0.222. The maximum absolute atomic E-state index is 12.8. The number of ether oxygens (including phenoxy) is 1. The molecule has 1 rings (SSSR count). The Morgan fingerprint density at radius 2 is 2.31 bits per heavy atom. The van der Waals surface area contributed by atoms with Gasteiger partial charge in [0.1, 0.15) is 5.82 Å². The van der Waals surface area contributed by atoms with Crippen LogP contribution in [0.1, 0.15) is 17.3 Å². The lowest BCUT2D eigenvalue weighted by Crippen LogP contribution is -1.95. The summed E-state index contributed by atoms with van der Waals surface area (Å²) in [7, 11) is 0. The van der Waals surface area contributed by atoms with Gasteiger partial charge in [0.15, 0.2) is 17.8 Å². The van der Waals surface area contributed by atoms with Crippen LogP contribution in [-0.4, -0.2) is 18.0 Å². The molecule has 1 N–H and O–H groups in total. The molecule has 0 aliphatic carbocycles. The van der Waals surface area contributed by atoms with Crippen LogP contribution in [0.2, 0.25) is 0 Å². The molecule has 1 aromatic rings. The normalized spacial score (nSPS) is 9.69. The van der Waals surface area contributed by atoms with Gasteiger partial charge in [-0.2, -0.15) is 0 Å². The lowest BCUT2D eigenvalue weighted by atomic mass is 10.2. The topological polar surface area (TPSA) is 46.5 Å². The first-order valence-corrected chi connectivity index (χ1v) is 3.80. The van der Waals surface area contributed by atoms with Crippen molar-refractivity contribution in [3.63, 3.8) is 0 Å². The minimum atomic E-state index is -0.754. The van der Waals surface area contributed by atoms with E-state index in [4.69, 9.17) is 4.74 Å². The van der Waals surface area contributed by atoms with Gasteiger partial charge in [0.25, 0.3) is 0 Å². The standard InChI is InChI=1S/C9H9FO3/c1-2-13-8-4-3-7(10)6(5-11)9(8)12/h3-5,12H,2H2,1H3. The van der Waals surface area contributed by atoms with E-state index < -0.39 is 11.6 Å². The molecule has 0 saturated carbocycles. The summed E-state index contributed by atoms with van der Waals surface area (Å²) < 4.78 is 17.8. The zero-order valence-electron chi connectivity index (χ0n) is 7.08. The Morgan fingerprint density at radius 3 is 2.85 bits per heavy atom. The fourth-order valence-corrected chi connectivity index (χ4v) is 0.947. The van der Waals surface area contributed by atoms with E-state index in [-0.39, 0.29) is 17.6 Å². The summed E-state index contributed by atoms with van der Waals surface area (Å²) in [5.74, 6) is -1.08. The van der Waals surface area contributed by atoms with Gasteiger partial charge in [0.2, 0.25) is 0 Å². The van der Waals surface area contributed by atoms with E-state index in [0.29, 0.717) is 6.61 Å². The average Bonchev–Trinajstić information content (AvgIpc) is 2.11. The van der Waals surface area contributed by atoms with Crippen LogP contribution in [0.15, 0.2) is 12.1 Å². The zero-order valence-corrected chi connectivity index (χ0v) is 7.08. The summed E-state index contributed by atoms with van der Waals surface area (Å²) in [6.45, 7) is 2.07. The van der Waals surface area contributed by atoms with E-state index in [1.54, 1.807) is 6.92 Å². The highest BCUT2D eigenvalue weighted by Gasteiger charge is 2.12. The molecule has 0 aromatic heterocycles. The number of carbonyl (C=O) groups excluding carboxylic acids is 1. The van der Waals surface area contributed by atoms with Crippen LogP contribution in [0.25, 0.3) is 0 Å². The molecule has 0 radical (unpaired) electrons. The summed E-state index contributed by atoms with van der Waals surface area (Å²) >= 11 is 0. The molecule has 0 aliphatic heterocycles. The summed E-state index contributed by atoms with van der Waals surface area (Å²) in [5, 5.41) is 9.30. The van der Waals surface area contributed by atoms with E-state index in [1.165, 1.54) is 6.07 Å². The van der Waals surface area contributed by atoms with E-state index in [2.05, 4.69) is 0 Å². The van der Waals surface area contributed by atoms with Crippen molar-refractivity contribution in [1.29, 1.82) is 0 Å². The number of aromatic hydroxyl groups is 1. The highest BCUT2D eigenvalue weighted by Crippen LogP contribution is 2.30. The van der Waals surface area contributed by atoms with Crippen molar-refractivity contribution in [2.45, 2.75) is 6.92 Å². The molecular formula is C9H9FO3. The Balaban J connectivity index is 3.19. The van der Waals surface area contributed by atoms with Crippen molar-refractivity contribution in [2.75, 3.05) is 6.61 Å². The Kier molecular flexibility index (Phi) is 2.84. The predicted molar refractivity (Wildman–Crippen MR) is 44.6 cm³/mol. The molecule has 0 amide bonds. The second kappa shape index (κ2) is 3.89. The highest BCUT2D eigenvalue weighted by molar-refractivity contribution is 5.81. The lowest BCUT2D eigenvalue weighted by molar-refractivity contribution is 0.111. The second-order valence-electron chi connectivity index (χ2n) is 2.36. The van der Waals surface area contributed by atoms with Gasteiger partial charge in [0, 0.05) is 0 Å². The van der Waals surface area contributed by atoms with E-state index >= 15 is 0 Å². The Hall–Kier alpha value is -1.58. The van der Waals surface area contributed by atoms with Crippen molar-refractivity contribution >= 4 is 6.29 Å². The third-order valence-electron chi connectivity index (χ3n) is 1.54. The number of hydrogen-bond acceptors (Lipinski definition) is 3. The number of phenols is 1. The lowest BCUT2D eigenvalue weighted by Gasteiger charge is -2.06. The van der Waals surface area contributed by atoms with Gasteiger partial charge in [-0.1, -0.05) is 0 Å². The van der Waals surface area contributed by atoms with E-state index in [0.717, 1.165) is 6.07 Å². The number of halogens is 1. The number of carbonyl (C=O) groups is 1. The number of aldehydes is 1. The SMILES string of the molecule is CCOc1ccc(F)c(C=O)c1O. The Bertz CT molecular complexity index is 323. The van der Waals surface area contributed by atoms with Gasteiger partial charge in [-0.15, -0.1) is 0 Å². The molecule has 4 heteroatoms. The molecule has 0 fully saturated rings. The van der Waals surface area contributed by atoms with Crippen LogP contribution < -0.4 is 4.74 Å². The first-order valence-electron chi connectivity index (χ1n) is 3.80. The first-order chi connectivity index (χ1) is 6.20. The highest BCUT2D eigenvalue weighted by atomic mass is 19.1. The molecule has 3 nitrogen and oxygen atoms in total. The predicted octanol–water partition coefficient (Wildman–Crippen LogP) is 1.74. The van der Waals surface area contributed by atoms with Crippen molar-refractivity contribution in [3.05, 3.63) is 23.5 Å². The van der Waals surface area contributed by atoms with Crippen LogP contribution in [0, 0.1) is 5.82 Å². The minimum absolute atomic E-state index is 0.117. The van der Waals surface area contributed by atoms with Crippen LogP contribution in [-0.2, 0) is 0 Å². The molecule has 0 unspecified atom stereocenters. The zero-order chi connectivity index (χ0) is 9.84. The first kappa shape index (κ1) is 9.51. The van der Waals surface area contributed by atoms with Gasteiger partial charge in [0.05, 0.1) is 12.2 Å². The molecule has 0 saturated heterocycles. The second-order valence-corrected chi connectivity index (χ2v) is 2.36. The largest absolute Gasteiger partial charge is 0.504 e. The van der Waals surface area contributed by atoms with Crippen molar-refractivity contribution in [1.82, 2.24) is 0 Å². The molecule has 13 heavy (non-hydrogen) atoms. The van der Waals surface area contributed by atoms with E-state index in [1.807, 2.05) is 0 Å². The van der Waals surface area contributed by atoms with Crippen LogP contribution >= 0.6 is 0 Å². The van der Waals surface area contributed by atoms with Crippen LogP contribution in [0.5, 0.6) is 11.5 Å². The van der Waals surface area contributed by atoms with Crippen LogP contribution in [0.3, 0.4) is 0 Å². The Labute approximate surface area is 74.8 Å². The minimum Gasteiger partial charge on any atom is -0.504 e. The maximum atomic E-state index is 12.8. The van der Waals surface area contributed by atoms with Crippen molar-refractivity contribution in [2.24, 2.45) is 0 Å². The number of hydrogen-bond donors (Lipinski definition) is 1. The molecule has 0 bridgehead atoms. The van der Waals surface area contributed by atoms with Gasteiger partial charge < -0.3 is 9.84 Å². The summed E-state index contributed by atoms with van der Waals surface area (Å²) in [6, 6.07) is 2.36. The van der Waals surface area contributed by atoms with Crippen LogP contribution in [0.4, 0.5) is 4.39 Å². The maximum Gasteiger partial charge on any atom is 0.171 e. The molecule has 0 aliphatic rings. The third-order valence-corrected chi connectivity index (χ3v) is 1.54.